The zero-order valence-corrected chi connectivity index (χ0v) is 12.5. The SMILES string of the molecule is COc1ccc(C)cc1C(C)NC(=O)C1(N)CCCC1. The summed E-state index contributed by atoms with van der Waals surface area (Å²) in [6.07, 6.45) is 3.62. The molecule has 1 aromatic rings. The summed E-state index contributed by atoms with van der Waals surface area (Å²) in [6, 6.07) is 5.86. The van der Waals surface area contributed by atoms with Crippen LogP contribution in [0.3, 0.4) is 0 Å². The van der Waals surface area contributed by atoms with E-state index < -0.39 is 5.54 Å². The number of rotatable bonds is 4. The molecule has 1 aliphatic rings. The number of hydrogen-bond acceptors (Lipinski definition) is 3. The van der Waals surface area contributed by atoms with Crippen LogP contribution in [0.1, 0.15) is 49.8 Å². The highest BCUT2D eigenvalue weighted by Crippen LogP contribution is 2.30. The molecule has 1 aromatic carbocycles. The van der Waals surface area contributed by atoms with Gasteiger partial charge in [0.1, 0.15) is 5.75 Å². The van der Waals surface area contributed by atoms with Gasteiger partial charge in [-0.2, -0.15) is 0 Å². The molecule has 2 rings (SSSR count). The van der Waals surface area contributed by atoms with E-state index in [9.17, 15) is 4.79 Å². The normalized spacial score (nSPS) is 18.6. The van der Waals surface area contributed by atoms with Gasteiger partial charge in [-0.1, -0.05) is 30.5 Å². The monoisotopic (exact) mass is 276 g/mol. The molecule has 0 saturated heterocycles. The van der Waals surface area contributed by atoms with Gasteiger partial charge in [0.25, 0.3) is 0 Å². The number of nitrogens with one attached hydrogen (secondary N) is 1. The minimum absolute atomic E-state index is 0.0499. The fraction of sp³-hybridized carbons (Fsp3) is 0.562. The molecule has 4 heteroatoms. The van der Waals surface area contributed by atoms with Crippen LogP contribution in [0, 0.1) is 6.92 Å². The van der Waals surface area contributed by atoms with Crippen LogP contribution in [0.4, 0.5) is 0 Å². The minimum Gasteiger partial charge on any atom is -0.496 e. The van der Waals surface area contributed by atoms with Crippen molar-refractivity contribution in [3.63, 3.8) is 0 Å². The number of aryl methyl sites for hydroxylation is 1. The van der Waals surface area contributed by atoms with Crippen LogP contribution in [-0.2, 0) is 4.79 Å². The van der Waals surface area contributed by atoms with Gasteiger partial charge in [-0.15, -0.1) is 0 Å². The lowest BCUT2D eigenvalue weighted by molar-refractivity contribution is -0.126. The van der Waals surface area contributed by atoms with Gasteiger partial charge in [0.05, 0.1) is 18.7 Å². The van der Waals surface area contributed by atoms with E-state index in [1.165, 1.54) is 0 Å². The summed E-state index contributed by atoms with van der Waals surface area (Å²) in [6.45, 7) is 3.99. The van der Waals surface area contributed by atoms with Crippen LogP contribution < -0.4 is 15.8 Å². The number of carbonyl (C=O) groups excluding carboxylic acids is 1. The number of ether oxygens (including phenoxy) is 1. The highest BCUT2D eigenvalue weighted by molar-refractivity contribution is 5.86. The highest BCUT2D eigenvalue weighted by Gasteiger charge is 2.37. The number of benzene rings is 1. The summed E-state index contributed by atoms with van der Waals surface area (Å²) in [7, 11) is 1.64. The maximum absolute atomic E-state index is 12.4. The third-order valence-electron chi connectivity index (χ3n) is 4.15. The fourth-order valence-corrected chi connectivity index (χ4v) is 2.84. The Morgan fingerprint density at radius 3 is 2.65 bits per heavy atom. The molecule has 0 bridgehead atoms. The number of carbonyl (C=O) groups is 1. The lowest BCUT2D eigenvalue weighted by Crippen LogP contribution is -2.52. The molecule has 0 aliphatic heterocycles. The van der Waals surface area contributed by atoms with Gasteiger partial charge in [0, 0.05) is 5.56 Å². The molecule has 0 radical (unpaired) electrons. The second-order valence-electron chi connectivity index (χ2n) is 5.80. The van der Waals surface area contributed by atoms with E-state index in [2.05, 4.69) is 5.32 Å². The van der Waals surface area contributed by atoms with Gasteiger partial charge in [-0.3, -0.25) is 4.79 Å². The van der Waals surface area contributed by atoms with E-state index >= 15 is 0 Å². The van der Waals surface area contributed by atoms with Gasteiger partial charge in [0.2, 0.25) is 5.91 Å². The Morgan fingerprint density at radius 2 is 2.05 bits per heavy atom. The molecule has 1 saturated carbocycles. The summed E-state index contributed by atoms with van der Waals surface area (Å²) in [5, 5.41) is 3.04. The van der Waals surface area contributed by atoms with Crippen LogP contribution >= 0.6 is 0 Å². The Morgan fingerprint density at radius 1 is 1.40 bits per heavy atom. The predicted octanol–water partition coefficient (Wildman–Crippen LogP) is 2.45. The zero-order valence-electron chi connectivity index (χ0n) is 12.5. The van der Waals surface area contributed by atoms with E-state index in [0.717, 1.165) is 42.6 Å². The average Bonchev–Trinajstić information content (AvgIpc) is 2.87. The Balaban J connectivity index is 2.13. The molecule has 1 atom stereocenters. The minimum atomic E-state index is -0.689. The van der Waals surface area contributed by atoms with Gasteiger partial charge in [0.15, 0.2) is 0 Å². The van der Waals surface area contributed by atoms with Gasteiger partial charge in [-0.05, 0) is 32.8 Å². The first-order valence-corrected chi connectivity index (χ1v) is 7.21. The Labute approximate surface area is 120 Å². The molecular weight excluding hydrogens is 252 g/mol. The number of amides is 1. The van der Waals surface area contributed by atoms with Gasteiger partial charge in [-0.25, -0.2) is 0 Å². The predicted molar refractivity (Wildman–Crippen MR) is 79.7 cm³/mol. The quantitative estimate of drug-likeness (QED) is 0.888. The van der Waals surface area contributed by atoms with E-state index in [1.54, 1.807) is 7.11 Å². The summed E-state index contributed by atoms with van der Waals surface area (Å²) in [4.78, 5) is 12.4. The second-order valence-corrected chi connectivity index (χ2v) is 5.80. The van der Waals surface area contributed by atoms with Crippen molar-refractivity contribution in [3.05, 3.63) is 29.3 Å². The lowest BCUT2D eigenvalue weighted by Gasteiger charge is -2.26. The van der Waals surface area contributed by atoms with Crippen molar-refractivity contribution in [3.8, 4) is 5.75 Å². The molecule has 0 heterocycles. The van der Waals surface area contributed by atoms with Crippen molar-refractivity contribution in [2.75, 3.05) is 7.11 Å². The second kappa shape index (κ2) is 5.83. The number of hydrogen-bond donors (Lipinski definition) is 2. The molecule has 1 unspecified atom stereocenters. The summed E-state index contributed by atoms with van der Waals surface area (Å²) < 4.78 is 5.37. The summed E-state index contributed by atoms with van der Waals surface area (Å²) >= 11 is 0. The fourth-order valence-electron chi connectivity index (χ4n) is 2.84. The van der Waals surface area contributed by atoms with Crippen LogP contribution in [0.25, 0.3) is 0 Å². The summed E-state index contributed by atoms with van der Waals surface area (Å²) in [5.41, 5.74) is 7.63. The van der Waals surface area contributed by atoms with Crippen molar-refractivity contribution >= 4 is 5.91 Å². The maximum Gasteiger partial charge on any atom is 0.240 e. The molecule has 20 heavy (non-hydrogen) atoms. The molecule has 1 fully saturated rings. The largest absolute Gasteiger partial charge is 0.496 e. The number of methoxy groups -OCH3 is 1. The number of nitrogens with two attached hydrogens (primary N) is 1. The smallest absolute Gasteiger partial charge is 0.240 e. The van der Waals surface area contributed by atoms with Gasteiger partial charge < -0.3 is 15.8 Å². The average molecular weight is 276 g/mol. The molecule has 110 valence electrons. The van der Waals surface area contributed by atoms with Crippen LogP contribution in [0.5, 0.6) is 5.75 Å². The first-order chi connectivity index (χ1) is 9.46. The summed E-state index contributed by atoms with van der Waals surface area (Å²) in [5.74, 6) is 0.743. The van der Waals surface area contributed by atoms with Crippen molar-refractivity contribution in [2.45, 2.75) is 51.1 Å². The van der Waals surface area contributed by atoms with Crippen molar-refractivity contribution in [1.82, 2.24) is 5.32 Å². The molecule has 0 spiro atoms. The van der Waals surface area contributed by atoms with E-state index in [4.69, 9.17) is 10.5 Å². The lowest BCUT2D eigenvalue weighted by atomic mass is 9.96. The Bertz CT molecular complexity index is 493. The Hall–Kier alpha value is -1.55. The van der Waals surface area contributed by atoms with Crippen molar-refractivity contribution < 1.29 is 9.53 Å². The maximum atomic E-state index is 12.4. The highest BCUT2D eigenvalue weighted by atomic mass is 16.5. The third kappa shape index (κ3) is 2.96. The first kappa shape index (κ1) is 14.9. The molecule has 3 N–H and O–H groups in total. The van der Waals surface area contributed by atoms with Crippen LogP contribution in [0.2, 0.25) is 0 Å². The molecule has 1 aliphatic carbocycles. The Kier molecular flexibility index (Phi) is 4.33. The molecule has 1 amide bonds. The van der Waals surface area contributed by atoms with E-state index in [-0.39, 0.29) is 11.9 Å². The van der Waals surface area contributed by atoms with Gasteiger partial charge >= 0.3 is 0 Å². The van der Waals surface area contributed by atoms with Crippen LogP contribution in [0.15, 0.2) is 18.2 Å². The van der Waals surface area contributed by atoms with Crippen molar-refractivity contribution in [2.24, 2.45) is 5.73 Å². The van der Waals surface area contributed by atoms with E-state index in [0.29, 0.717) is 0 Å². The zero-order chi connectivity index (χ0) is 14.8. The van der Waals surface area contributed by atoms with Crippen molar-refractivity contribution in [1.29, 1.82) is 0 Å². The standard InChI is InChI=1S/C16H24N2O2/c1-11-6-7-14(20-3)13(10-11)12(2)18-15(19)16(17)8-4-5-9-16/h6-7,10,12H,4-5,8-9,17H2,1-3H3,(H,18,19). The first-order valence-electron chi connectivity index (χ1n) is 7.21. The van der Waals surface area contributed by atoms with E-state index in [1.807, 2.05) is 32.0 Å². The topological polar surface area (TPSA) is 64.3 Å². The molecular formula is C16H24N2O2. The third-order valence-corrected chi connectivity index (χ3v) is 4.15. The van der Waals surface area contributed by atoms with Crippen LogP contribution in [-0.4, -0.2) is 18.6 Å². The molecule has 4 nitrogen and oxygen atoms in total. The molecule has 0 aromatic heterocycles.